The standard InChI is InChI=1S/C9H19N3/c1-11-9(6-10)7-12-4-2-8(9)3-5-12/h8,11H,2-7,10H2,1H3. The molecule has 0 spiro atoms. The van der Waals surface area contributed by atoms with E-state index in [1.807, 2.05) is 0 Å². The van der Waals surface area contributed by atoms with Gasteiger partial charge in [-0.15, -0.1) is 0 Å². The molecule has 3 N–H and O–H groups in total. The molecule has 3 aliphatic heterocycles. The van der Waals surface area contributed by atoms with E-state index >= 15 is 0 Å². The lowest BCUT2D eigenvalue weighted by Crippen LogP contribution is -2.68. The average molecular weight is 169 g/mol. The predicted octanol–water partition coefficient (Wildman–Crippen LogP) is -0.371. The van der Waals surface area contributed by atoms with Crippen LogP contribution in [-0.4, -0.2) is 43.7 Å². The summed E-state index contributed by atoms with van der Waals surface area (Å²) in [5.74, 6) is 0.817. The molecule has 12 heavy (non-hydrogen) atoms. The number of nitrogens with two attached hydrogens (primary N) is 1. The lowest BCUT2D eigenvalue weighted by atomic mass is 9.73. The van der Waals surface area contributed by atoms with Crippen LogP contribution >= 0.6 is 0 Å². The zero-order valence-electron chi connectivity index (χ0n) is 7.84. The second-order valence-electron chi connectivity index (χ2n) is 4.16. The van der Waals surface area contributed by atoms with Crippen molar-refractivity contribution in [2.24, 2.45) is 11.7 Å². The summed E-state index contributed by atoms with van der Waals surface area (Å²) in [6, 6.07) is 0. The van der Waals surface area contributed by atoms with E-state index in [0.717, 1.165) is 19.0 Å². The average Bonchev–Trinajstić information content (AvgIpc) is 2.19. The SMILES string of the molecule is CNC1(CN)CN2CCC1CC2. The van der Waals surface area contributed by atoms with Gasteiger partial charge in [0.05, 0.1) is 0 Å². The number of fused-ring (bicyclic) bond motifs is 3. The van der Waals surface area contributed by atoms with Gasteiger partial charge < -0.3 is 16.0 Å². The number of hydrogen-bond donors (Lipinski definition) is 2. The number of hydrogen-bond acceptors (Lipinski definition) is 3. The number of piperidine rings is 3. The van der Waals surface area contributed by atoms with Crippen molar-refractivity contribution in [3.8, 4) is 0 Å². The highest BCUT2D eigenvalue weighted by Gasteiger charge is 2.44. The summed E-state index contributed by atoms with van der Waals surface area (Å²) in [4.78, 5) is 2.53. The highest BCUT2D eigenvalue weighted by atomic mass is 15.2. The fraction of sp³-hybridized carbons (Fsp3) is 1.00. The Morgan fingerprint density at radius 2 is 2.17 bits per heavy atom. The van der Waals surface area contributed by atoms with Crippen molar-refractivity contribution in [1.29, 1.82) is 0 Å². The van der Waals surface area contributed by atoms with Gasteiger partial charge in [0, 0.05) is 18.6 Å². The van der Waals surface area contributed by atoms with E-state index in [9.17, 15) is 0 Å². The number of rotatable bonds is 2. The van der Waals surface area contributed by atoms with Crippen molar-refractivity contribution in [3.63, 3.8) is 0 Å². The maximum atomic E-state index is 5.85. The lowest BCUT2D eigenvalue weighted by molar-refractivity contribution is 0.0154. The van der Waals surface area contributed by atoms with Gasteiger partial charge in [-0.25, -0.2) is 0 Å². The van der Waals surface area contributed by atoms with Crippen molar-refractivity contribution in [1.82, 2.24) is 10.2 Å². The first-order valence-electron chi connectivity index (χ1n) is 4.92. The normalized spacial score (nSPS) is 46.5. The minimum Gasteiger partial charge on any atom is -0.329 e. The van der Waals surface area contributed by atoms with Crippen molar-refractivity contribution in [2.45, 2.75) is 18.4 Å². The highest BCUT2D eigenvalue weighted by Crippen LogP contribution is 2.34. The molecular formula is C9H19N3. The first-order chi connectivity index (χ1) is 5.80. The third kappa shape index (κ3) is 1.08. The Hall–Kier alpha value is -0.120. The van der Waals surface area contributed by atoms with E-state index in [0.29, 0.717) is 0 Å². The van der Waals surface area contributed by atoms with Crippen LogP contribution in [0.1, 0.15) is 12.8 Å². The first-order valence-corrected chi connectivity index (χ1v) is 4.92. The Morgan fingerprint density at radius 1 is 1.50 bits per heavy atom. The van der Waals surface area contributed by atoms with E-state index in [2.05, 4.69) is 17.3 Å². The zero-order chi connectivity index (χ0) is 8.60. The van der Waals surface area contributed by atoms with E-state index in [1.165, 1.54) is 25.9 Å². The molecule has 0 aliphatic carbocycles. The number of nitrogens with zero attached hydrogens (tertiary/aromatic N) is 1. The van der Waals surface area contributed by atoms with Gasteiger partial charge in [0.25, 0.3) is 0 Å². The minimum atomic E-state index is 0.233. The molecule has 70 valence electrons. The van der Waals surface area contributed by atoms with Gasteiger partial charge in [-0.2, -0.15) is 0 Å². The molecule has 0 aromatic carbocycles. The van der Waals surface area contributed by atoms with Gasteiger partial charge in [-0.3, -0.25) is 0 Å². The molecule has 0 saturated carbocycles. The second-order valence-corrected chi connectivity index (χ2v) is 4.16. The Balaban J connectivity index is 2.15. The van der Waals surface area contributed by atoms with E-state index in [-0.39, 0.29) is 5.54 Å². The second kappa shape index (κ2) is 2.98. The fourth-order valence-corrected chi connectivity index (χ4v) is 2.79. The van der Waals surface area contributed by atoms with Gasteiger partial charge in [0.15, 0.2) is 0 Å². The highest BCUT2D eigenvalue weighted by molar-refractivity contribution is 5.03. The van der Waals surface area contributed by atoms with E-state index in [4.69, 9.17) is 5.73 Å². The summed E-state index contributed by atoms with van der Waals surface area (Å²) in [5.41, 5.74) is 6.08. The Bertz CT molecular complexity index is 157. The molecule has 3 rings (SSSR count). The van der Waals surface area contributed by atoms with Crippen LogP contribution < -0.4 is 11.1 Å². The zero-order valence-corrected chi connectivity index (χ0v) is 7.84. The maximum absolute atomic E-state index is 5.85. The summed E-state index contributed by atoms with van der Waals surface area (Å²) < 4.78 is 0. The van der Waals surface area contributed by atoms with Crippen LogP contribution in [0.5, 0.6) is 0 Å². The summed E-state index contributed by atoms with van der Waals surface area (Å²) in [6.45, 7) is 4.51. The molecule has 3 saturated heterocycles. The third-order valence-corrected chi connectivity index (χ3v) is 3.74. The van der Waals surface area contributed by atoms with Gasteiger partial charge in [-0.05, 0) is 38.9 Å². The molecule has 0 aromatic heterocycles. The van der Waals surface area contributed by atoms with E-state index < -0.39 is 0 Å². The van der Waals surface area contributed by atoms with Crippen LogP contribution in [0.2, 0.25) is 0 Å². The molecule has 3 heteroatoms. The van der Waals surface area contributed by atoms with Crippen molar-refractivity contribution < 1.29 is 0 Å². The molecule has 0 amide bonds. The molecule has 0 aromatic rings. The van der Waals surface area contributed by atoms with Crippen LogP contribution in [0.25, 0.3) is 0 Å². The number of likely N-dealkylation sites (N-methyl/N-ethyl adjacent to an activating group) is 1. The maximum Gasteiger partial charge on any atom is 0.0459 e. The molecule has 0 radical (unpaired) electrons. The largest absolute Gasteiger partial charge is 0.329 e. The molecular weight excluding hydrogens is 150 g/mol. The Morgan fingerprint density at radius 3 is 2.42 bits per heavy atom. The molecule has 1 atom stereocenters. The van der Waals surface area contributed by atoms with Gasteiger partial charge in [-0.1, -0.05) is 0 Å². The van der Waals surface area contributed by atoms with E-state index in [1.54, 1.807) is 0 Å². The van der Waals surface area contributed by atoms with Crippen LogP contribution in [0.4, 0.5) is 0 Å². The molecule has 2 bridgehead atoms. The quantitative estimate of drug-likeness (QED) is 0.592. The van der Waals surface area contributed by atoms with Gasteiger partial charge >= 0.3 is 0 Å². The molecule has 3 heterocycles. The Kier molecular flexibility index (Phi) is 2.10. The summed E-state index contributed by atoms with van der Waals surface area (Å²) in [7, 11) is 2.05. The monoisotopic (exact) mass is 169 g/mol. The van der Waals surface area contributed by atoms with Crippen LogP contribution in [0, 0.1) is 5.92 Å². The first kappa shape index (κ1) is 8.48. The van der Waals surface area contributed by atoms with Crippen LogP contribution in [-0.2, 0) is 0 Å². The predicted molar refractivity (Wildman–Crippen MR) is 50.0 cm³/mol. The fourth-order valence-electron chi connectivity index (χ4n) is 2.79. The van der Waals surface area contributed by atoms with Gasteiger partial charge in [0.1, 0.15) is 0 Å². The summed E-state index contributed by atoms with van der Waals surface area (Å²) >= 11 is 0. The van der Waals surface area contributed by atoms with Crippen molar-refractivity contribution in [2.75, 3.05) is 33.2 Å². The topological polar surface area (TPSA) is 41.3 Å². The minimum absolute atomic E-state index is 0.233. The number of nitrogens with one attached hydrogen (secondary N) is 1. The summed E-state index contributed by atoms with van der Waals surface area (Å²) in [5, 5.41) is 3.43. The van der Waals surface area contributed by atoms with Crippen molar-refractivity contribution >= 4 is 0 Å². The molecule has 3 nitrogen and oxygen atoms in total. The smallest absolute Gasteiger partial charge is 0.0459 e. The molecule has 1 unspecified atom stereocenters. The molecule has 3 aliphatic rings. The third-order valence-electron chi connectivity index (χ3n) is 3.74. The Labute approximate surface area is 74.3 Å². The van der Waals surface area contributed by atoms with Crippen LogP contribution in [0.3, 0.4) is 0 Å². The molecule has 3 fully saturated rings. The lowest BCUT2D eigenvalue weighted by Gasteiger charge is -2.53. The van der Waals surface area contributed by atoms with Gasteiger partial charge in [0.2, 0.25) is 0 Å². The van der Waals surface area contributed by atoms with Crippen LogP contribution in [0.15, 0.2) is 0 Å². The summed E-state index contributed by atoms with van der Waals surface area (Å²) in [6.07, 6.45) is 2.66. The van der Waals surface area contributed by atoms with Crippen molar-refractivity contribution in [3.05, 3.63) is 0 Å².